The minimum atomic E-state index is -3.61. The Labute approximate surface area is 143 Å². The molecule has 0 radical (unpaired) electrons. The van der Waals surface area contributed by atoms with Gasteiger partial charge < -0.3 is 5.73 Å². The summed E-state index contributed by atoms with van der Waals surface area (Å²) in [6.45, 7) is 2.12. The van der Waals surface area contributed by atoms with Crippen LogP contribution in [0.25, 0.3) is 0 Å². The summed E-state index contributed by atoms with van der Waals surface area (Å²) in [6, 6.07) is 3.37. The van der Waals surface area contributed by atoms with Gasteiger partial charge in [0.2, 0.25) is 10.0 Å². The monoisotopic (exact) mass is 438 g/mol. The lowest BCUT2D eigenvalue weighted by molar-refractivity contribution is 0.213. The first-order valence-corrected chi connectivity index (χ1v) is 10.0. The van der Waals surface area contributed by atoms with Crippen molar-refractivity contribution in [2.75, 3.05) is 12.8 Å². The van der Waals surface area contributed by atoms with Crippen molar-refractivity contribution in [3.8, 4) is 0 Å². The number of benzene rings is 1. The molecule has 0 heterocycles. The van der Waals surface area contributed by atoms with E-state index in [-0.39, 0.29) is 16.6 Å². The van der Waals surface area contributed by atoms with Gasteiger partial charge in [0.15, 0.2) is 0 Å². The lowest BCUT2D eigenvalue weighted by Gasteiger charge is -2.35. The van der Waals surface area contributed by atoms with Crippen molar-refractivity contribution in [1.82, 2.24) is 4.31 Å². The highest BCUT2D eigenvalue weighted by molar-refractivity contribution is 9.11. The van der Waals surface area contributed by atoms with Crippen LogP contribution in [0.4, 0.5) is 5.69 Å². The Hall–Kier alpha value is -0.110. The first-order valence-electron chi connectivity index (χ1n) is 6.97. The summed E-state index contributed by atoms with van der Waals surface area (Å²) in [5.41, 5.74) is 6.20. The third kappa shape index (κ3) is 3.46. The van der Waals surface area contributed by atoms with Crippen LogP contribution in [0.3, 0.4) is 0 Å². The van der Waals surface area contributed by atoms with Gasteiger partial charge >= 0.3 is 0 Å². The van der Waals surface area contributed by atoms with Crippen LogP contribution < -0.4 is 5.73 Å². The van der Waals surface area contributed by atoms with Gasteiger partial charge in [0.1, 0.15) is 4.90 Å². The van der Waals surface area contributed by atoms with Crippen molar-refractivity contribution < 1.29 is 8.42 Å². The lowest BCUT2D eigenvalue weighted by Crippen LogP contribution is -2.42. The van der Waals surface area contributed by atoms with Crippen LogP contribution in [0, 0.1) is 5.92 Å². The summed E-state index contributed by atoms with van der Waals surface area (Å²) >= 11 is 6.64. The highest BCUT2D eigenvalue weighted by atomic mass is 79.9. The molecular formula is C14H20Br2N2O2S. The number of nitrogens with zero attached hydrogens (tertiary/aromatic N) is 1. The number of halogens is 2. The molecule has 2 rings (SSSR count). The fourth-order valence-corrected chi connectivity index (χ4v) is 6.50. The van der Waals surface area contributed by atoms with Gasteiger partial charge in [0.05, 0.1) is 5.69 Å². The average Bonchev–Trinajstić information content (AvgIpc) is 2.36. The van der Waals surface area contributed by atoms with Crippen LogP contribution in [0.2, 0.25) is 0 Å². The normalized spacial score (nSPS) is 23.5. The molecule has 0 spiro atoms. The number of sulfonamides is 1. The minimum absolute atomic E-state index is 0.0405. The molecule has 21 heavy (non-hydrogen) atoms. The molecule has 0 amide bonds. The third-order valence-corrected chi connectivity index (χ3v) is 7.55. The molecule has 1 aromatic rings. The lowest BCUT2D eigenvalue weighted by atomic mass is 9.86. The van der Waals surface area contributed by atoms with E-state index in [9.17, 15) is 8.42 Å². The van der Waals surface area contributed by atoms with Gasteiger partial charge in [-0.15, -0.1) is 0 Å². The van der Waals surface area contributed by atoms with Gasteiger partial charge in [-0.1, -0.05) is 35.7 Å². The first kappa shape index (κ1) is 17.2. The zero-order valence-electron chi connectivity index (χ0n) is 12.1. The van der Waals surface area contributed by atoms with Gasteiger partial charge in [0.25, 0.3) is 0 Å². The van der Waals surface area contributed by atoms with E-state index in [0.29, 0.717) is 10.4 Å². The van der Waals surface area contributed by atoms with Crippen LogP contribution in [0.5, 0.6) is 0 Å². The smallest absolute Gasteiger partial charge is 0.246 e. The van der Waals surface area contributed by atoms with Crippen molar-refractivity contribution >= 4 is 47.6 Å². The molecular weight excluding hydrogens is 420 g/mol. The summed E-state index contributed by atoms with van der Waals surface area (Å²) < 4.78 is 28.6. The van der Waals surface area contributed by atoms with E-state index in [2.05, 4.69) is 38.8 Å². The molecule has 7 heteroatoms. The predicted molar refractivity (Wildman–Crippen MR) is 92.6 cm³/mol. The first-order chi connectivity index (χ1) is 9.75. The molecule has 2 atom stereocenters. The van der Waals surface area contributed by atoms with Crippen molar-refractivity contribution in [2.45, 2.75) is 43.5 Å². The fourth-order valence-electron chi connectivity index (χ4n) is 3.01. The summed E-state index contributed by atoms with van der Waals surface area (Å²) in [6.07, 6.45) is 4.23. The molecule has 2 N–H and O–H groups in total. The Balaban J connectivity index is 2.42. The Bertz CT molecular complexity index is 611. The van der Waals surface area contributed by atoms with E-state index in [4.69, 9.17) is 5.73 Å². The van der Waals surface area contributed by atoms with E-state index in [0.717, 1.165) is 23.7 Å². The van der Waals surface area contributed by atoms with Crippen LogP contribution in [-0.4, -0.2) is 25.8 Å². The molecule has 118 valence electrons. The Kier molecular flexibility index (Phi) is 5.39. The molecule has 4 nitrogen and oxygen atoms in total. The Morgan fingerprint density at radius 2 is 1.86 bits per heavy atom. The zero-order chi connectivity index (χ0) is 15.8. The number of nitrogens with two attached hydrogens (primary N) is 1. The van der Waals surface area contributed by atoms with Gasteiger partial charge in [0, 0.05) is 22.0 Å². The molecule has 1 aromatic carbocycles. The second kappa shape index (κ2) is 6.56. The van der Waals surface area contributed by atoms with Crippen LogP contribution in [0.1, 0.15) is 32.6 Å². The average molecular weight is 440 g/mol. The molecule has 1 fully saturated rings. The van der Waals surface area contributed by atoms with Crippen LogP contribution in [-0.2, 0) is 10.0 Å². The van der Waals surface area contributed by atoms with Crippen LogP contribution >= 0.6 is 31.9 Å². The van der Waals surface area contributed by atoms with Gasteiger partial charge in [-0.2, -0.15) is 4.31 Å². The summed E-state index contributed by atoms with van der Waals surface area (Å²) in [5, 5.41) is 0. The van der Waals surface area contributed by atoms with E-state index in [1.165, 1.54) is 10.7 Å². The quantitative estimate of drug-likeness (QED) is 0.724. The molecule has 0 saturated heterocycles. The summed E-state index contributed by atoms with van der Waals surface area (Å²) in [7, 11) is -1.95. The topological polar surface area (TPSA) is 63.4 Å². The van der Waals surface area contributed by atoms with E-state index < -0.39 is 10.0 Å². The number of anilines is 1. The number of hydrogen-bond acceptors (Lipinski definition) is 3. The maximum absolute atomic E-state index is 12.9. The van der Waals surface area contributed by atoms with Gasteiger partial charge in [-0.3, -0.25) is 0 Å². The summed E-state index contributed by atoms with van der Waals surface area (Å²) in [5.74, 6) is 0.369. The highest BCUT2D eigenvalue weighted by Gasteiger charge is 2.35. The number of rotatable bonds is 3. The minimum Gasteiger partial charge on any atom is -0.398 e. The standard InChI is InChI=1S/C14H20Br2N2O2S/c1-9-5-3-4-6-13(9)18(2)21(19,20)14-11(16)7-10(15)8-12(14)17/h7-9,13H,3-6,17H2,1-2H3. The predicted octanol–water partition coefficient (Wildman–Crippen LogP) is 3.99. The molecule has 0 aromatic heterocycles. The number of nitrogen functional groups attached to an aromatic ring is 1. The van der Waals surface area contributed by atoms with Crippen molar-refractivity contribution in [2.24, 2.45) is 5.92 Å². The fraction of sp³-hybridized carbons (Fsp3) is 0.571. The molecule has 1 aliphatic carbocycles. The van der Waals surface area contributed by atoms with E-state index >= 15 is 0 Å². The van der Waals surface area contributed by atoms with Crippen molar-refractivity contribution in [3.63, 3.8) is 0 Å². The SMILES string of the molecule is CC1CCCCC1N(C)S(=O)(=O)c1c(N)cc(Br)cc1Br. The second-order valence-electron chi connectivity index (χ2n) is 5.66. The summed E-state index contributed by atoms with van der Waals surface area (Å²) in [4.78, 5) is 0.158. The maximum atomic E-state index is 12.9. The highest BCUT2D eigenvalue weighted by Crippen LogP contribution is 2.36. The Morgan fingerprint density at radius 1 is 1.24 bits per heavy atom. The zero-order valence-corrected chi connectivity index (χ0v) is 16.1. The van der Waals surface area contributed by atoms with Crippen molar-refractivity contribution in [1.29, 1.82) is 0 Å². The molecule has 0 aliphatic heterocycles. The molecule has 1 aliphatic rings. The molecule has 0 bridgehead atoms. The molecule has 1 saturated carbocycles. The molecule has 2 unspecified atom stereocenters. The van der Waals surface area contributed by atoms with Gasteiger partial charge in [-0.25, -0.2) is 8.42 Å². The van der Waals surface area contributed by atoms with Crippen molar-refractivity contribution in [3.05, 3.63) is 21.1 Å². The van der Waals surface area contributed by atoms with E-state index in [1.54, 1.807) is 19.2 Å². The Morgan fingerprint density at radius 3 is 2.43 bits per heavy atom. The number of hydrogen-bond donors (Lipinski definition) is 1. The maximum Gasteiger partial charge on any atom is 0.246 e. The second-order valence-corrected chi connectivity index (χ2v) is 9.36. The largest absolute Gasteiger partial charge is 0.398 e. The third-order valence-electron chi connectivity index (χ3n) is 4.21. The van der Waals surface area contributed by atoms with E-state index in [1.807, 2.05) is 0 Å². The van der Waals surface area contributed by atoms with Gasteiger partial charge in [-0.05, 0) is 46.8 Å². The van der Waals surface area contributed by atoms with Crippen LogP contribution in [0.15, 0.2) is 26.0 Å².